The standard InChI is InChI=1S/C13H24N2O4/c1-5-18-10(16)8-13(14)6-7-15(9-13)11(17)19-12(2,3)4/h5-9,14H2,1-4H3/t13-/m0/s1. The molecular formula is C13H24N2O4. The molecule has 0 aromatic rings. The Kier molecular flexibility index (Phi) is 4.79. The average molecular weight is 272 g/mol. The number of rotatable bonds is 3. The summed E-state index contributed by atoms with van der Waals surface area (Å²) in [5.74, 6) is -0.323. The van der Waals surface area contributed by atoms with Crippen LogP contribution < -0.4 is 5.73 Å². The Labute approximate surface area is 114 Å². The van der Waals surface area contributed by atoms with Gasteiger partial charge in [0, 0.05) is 18.6 Å². The van der Waals surface area contributed by atoms with Crippen molar-refractivity contribution >= 4 is 12.1 Å². The first-order valence-electron chi connectivity index (χ1n) is 6.58. The van der Waals surface area contributed by atoms with E-state index in [1.54, 1.807) is 11.8 Å². The van der Waals surface area contributed by atoms with Gasteiger partial charge in [-0.25, -0.2) is 4.79 Å². The number of ether oxygens (including phenoxy) is 2. The van der Waals surface area contributed by atoms with Gasteiger partial charge in [0.05, 0.1) is 13.0 Å². The molecule has 2 N–H and O–H groups in total. The number of carbonyl (C=O) groups is 2. The van der Waals surface area contributed by atoms with Crippen LogP contribution in [0.1, 0.15) is 40.5 Å². The molecule has 0 aromatic heterocycles. The predicted molar refractivity (Wildman–Crippen MR) is 70.6 cm³/mol. The molecule has 0 aromatic carbocycles. The van der Waals surface area contributed by atoms with Gasteiger partial charge in [0.25, 0.3) is 0 Å². The fourth-order valence-electron chi connectivity index (χ4n) is 2.02. The van der Waals surface area contributed by atoms with E-state index in [9.17, 15) is 9.59 Å². The van der Waals surface area contributed by atoms with Crippen LogP contribution in [0.25, 0.3) is 0 Å². The minimum Gasteiger partial charge on any atom is -0.466 e. The molecule has 0 radical (unpaired) electrons. The summed E-state index contributed by atoms with van der Waals surface area (Å²) in [5.41, 5.74) is 4.90. The molecule has 1 atom stereocenters. The first-order chi connectivity index (χ1) is 8.65. The van der Waals surface area contributed by atoms with Gasteiger partial charge in [-0.2, -0.15) is 0 Å². The van der Waals surface area contributed by atoms with Gasteiger partial charge >= 0.3 is 12.1 Å². The number of nitrogens with two attached hydrogens (primary N) is 1. The van der Waals surface area contributed by atoms with E-state index in [1.165, 1.54) is 0 Å². The van der Waals surface area contributed by atoms with Gasteiger partial charge in [0.1, 0.15) is 5.60 Å². The quantitative estimate of drug-likeness (QED) is 0.783. The van der Waals surface area contributed by atoms with Crippen molar-refractivity contribution < 1.29 is 19.1 Å². The number of hydrogen-bond donors (Lipinski definition) is 1. The lowest BCUT2D eigenvalue weighted by atomic mass is 9.96. The minimum atomic E-state index is -0.705. The van der Waals surface area contributed by atoms with Crippen LogP contribution in [0.4, 0.5) is 4.79 Å². The molecule has 0 unspecified atom stereocenters. The summed E-state index contributed by atoms with van der Waals surface area (Å²) in [4.78, 5) is 24.9. The molecule has 1 amide bonds. The summed E-state index contributed by atoms with van der Waals surface area (Å²) in [6, 6.07) is 0. The van der Waals surface area contributed by atoms with E-state index in [1.807, 2.05) is 20.8 Å². The first-order valence-corrected chi connectivity index (χ1v) is 6.58. The van der Waals surface area contributed by atoms with E-state index in [0.717, 1.165) is 0 Å². The highest BCUT2D eigenvalue weighted by molar-refractivity contribution is 5.72. The largest absolute Gasteiger partial charge is 0.466 e. The Balaban J connectivity index is 2.52. The van der Waals surface area contributed by atoms with Crippen LogP contribution in [-0.4, -0.2) is 47.8 Å². The van der Waals surface area contributed by atoms with Gasteiger partial charge in [0.2, 0.25) is 0 Å². The lowest BCUT2D eigenvalue weighted by molar-refractivity contribution is -0.144. The molecule has 0 spiro atoms. The fourth-order valence-corrected chi connectivity index (χ4v) is 2.02. The van der Waals surface area contributed by atoms with Crippen LogP contribution in [0.5, 0.6) is 0 Å². The number of hydrogen-bond acceptors (Lipinski definition) is 5. The van der Waals surface area contributed by atoms with Crippen molar-refractivity contribution in [3.8, 4) is 0 Å². The summed E-state index contributed by atoms with van der Waals surface area (Å²) in [7, 11) is 0. The summed E-state index contributed by atoms with van der Waals surface area (Å²) in [6.45, 7) is 8.36. The molecule has 1 rings (SSSR count). The molecule has 19 heavy (non-hydrogen) atoms. The SMILES string of the molecule is CCOC(=O)C[C@@]1(N)CCN(C(=O)OC(C)(C)C)C1. The van der Waals surface area contributed by atoms with Crippen LogP contribution in [0, 0.1) is 0 Å². The maximum Gasteiger partial charge on any atom is 0.410 e. The zero-order valence-corrected chi connectivity index (χ0v) is 12.2. The smallest absolute Gasteiger partial charge is 0.410 e. The Morgan fingerprint density at radius 3 is 2.53 bits per heavy atom. The van der Waals surface area contributed by atoms with Crippen LogP contribution in [0.2, 0.25) is 0 Å². The molecule has 0 bridgehead atoms. The van der Waals surface area contributed by atoms with Crippen molar-refractivity contribution in [2.75, 3.05) is 19.7 Å². The highest BCUT2D eigenvalue weighted by Gasteiger charge is 2.40. The van der Waals surface area contributed by atoms with Gasteiger partial charge < -0.3 is 20.1 Å². The van der Waals surface area contributed by atoms with Crippen LogP contribution >= 0.6 is 0 Å². The second-order valence-corrected chi connectivity index (χ2v) is 6.00. The molecule has 1 aliphatic rings. The van der Waals surface area contributed by atoms with Gasteiger partial charge in [-0.3, -0.25) is 4.79 Å². The van der Waals surface area contributed by atoms with Gasteiger partial charge in [-0.1, -0.05) is 0 Å². The Morgan fingerprint density at radius 1 is 1.37 bits per heavy atom. The van der Waals surface area contributed by atoms with E-state index in [-0.39, 0.29) is 18.5 Å². The highest BCUT2D eigenvalue weighted by Crippen LogP contribution is 2.24. The molecule has 0 saturated carbocycles. The van der Waals surface area contributed by atoms with Crippen LogP contribution in [0.3, 0.4) is 0 Å². The zero-order chi connectivity index (χ0) is 14.7. The molecular weight excluding hydrogens is 248 g/mol. The van der Waals surface area contributed by atoms with Gasteiger partial charge in [-0.15, -0.1) is 0 Å². The van der Waals surface area contributed by atoms with Crippen LogP contribution in [0.15, 0.2) is 0 Å². The fraction of sp³-hybridized carbons (Fsp3) is 0.846. The molecule has 1 saturated heterocycles. The second kappa shape index (κ2) is 5.77. The van der Waals surface area contributed by atoms with Crippen molar-refractivity contribution in [1.29, 1.82) is 0 Å². The summed E-state index contributed by atoms with van der Waals surface area (Å²) in [5, 5.41) is 0. The van der Waals surface area contributed by atoms with Crippen molar-refractivity contribution in [3.05, 3.63) is 0 Å². The average Bonchev–Trinajstić information content (AvgIpc) is 2.58. The van der Waals surface area contributed by atoms with E-state index >= 15 is 0 Å². The third-order valence-corrected chi connectivity index (χ3v) is 2.84. The summed E-state index contributed by atoms with van der Waals surface area (Å²) >= 11 is 0. The molecule has 0 aliphatic carbocycles. The Bertz CT molecular complexity index is 351. The maximum absolute atomic E-state index is 11.9. The molecule has 110 valence electrons. The third kappa shape index (κ3) is 5.06. The summed E-state index contributed by atoms with van der Waals surface area (Å²) in [6.07, 6.45) is 0.314. The van der Waals surface area contributed by atoms with Crippen molar-refractivity contribution in [1.82, 2.24) is 4.90 Å². The van der Waals surface area contributed by atoms with E-state index in [0.29, 0.717) is 26.1 Å². The maximum atomic E-state index is 11.9. The molecule has 1 heterocycles. The zero-order valence-electron chi connectivity index (χ0n) is 12.2. The normalized spacial score (nSPS) is 23.3. The number of likely N-dealkylation sites (tertiary alicyclic amines) is 1. The van der Waals surface area contributed by atoms with E-state index < -0.39 is 11.1 Å². The van der Waals surface area contributed by atoms with Gasteiger partial charge in [-0.05, 0) is 34.1 Å². The topological polar surface area (TPSA) is 81.9 Å². The monoisotopic (exact) mass is 272 g/mol. The highest BCUT2D eigenvalue weighted by atomic mass is 16.6. The molecule has 1 fully saturated rings. The molecule has 6 heteroatoms. The number of carbonyl (C=O) groups excluding carboxylic acids is 2. The number of esters is 1. The van der Waals surface area contributed by atoms with Crippen molar-refractivity contribution in [2.24, 2.45) is 5.73 Å². The molecule has 6 nitrogen and oxygen atoms in total. The predicted octanol–water partition coefficient (Wildman–Crippen LogP) is 1.28. The lowest BCUT2D eigenvalue weighted by Gasteiger charge is -2.26. The first kappa shape index (κ1) is 15.8. The molecule has 1 aliphatic heterocycles. The third-order valence-electron chi connectivity index (χ3n) is 2.84. The van der Waals surface area contributed by atoms with Crippen molar-refractivity contribution in [2.45, 2.75) is 51.7 Å². The summed E-state index contributed by atoms with van der Waals surface area (Å²) < 4.78 is 10.2. The Hall–Kier alpha value is -1.30. The number of nitrogens with zero attached hydrogens (tertiary/aromatic N) is 1. The van der Waals surface area contributed by atoms with Crippen LogP contribution in [-0.2, 0) is 14.3 Å². The minimum absolute atomic E-state index is 0.125. The Morgan fingerprint density at radius 2 is 2.00 bits per heavy atom. The second-order valence-electron chi connectivity index (χ2n) is 6.00. The van der Waals surface area contributed by atoms with E-state index in [4.69, 9.17) is 15.2 Å². The number of amides is 1. The lowest BCUT2D eigenvalue weighted by Crippen LogP contribution is -2.46. The van der Waals surface area contributed by atoms with Crippen molar-refractivity contribution in [3.63, 3.8) is 0 Å². The van der Waals surface area contributed by atoms with E-state index in [2.05, 4.69) is 0 Å². The van der Waals surface area contributed by atoms with Gasteiger partial charge in [0.15, 0.2) is 0 Å².